The lowest BCUT2D eigenvalue weighted by molar-refractivity contribution is 0.0924. The van der Waals surface area contributed by atoms with E-state index in [1.54, 1.807) is 6.20 Å². The van der Waals surface area contributed by atoms with Gasteiger partial charge in [-0.1, -0.05) is 175 Å². The van der Waals surface area contributed by atoms with Crippen LogP contribution in [0.3, 0.4) is 0 Å². The summed E-state index contributed by atoms with van der Waals surface area (Å²) >= 11 is 2.79. The maximum absolute atomic E-state index is 13.1. The fourth-order valence-corrected chi connectivity index (χ4v) is 18.9. The summed E-state index contributed by atoms with van der Waals surface area (Å²) in [5.74, 6) is 1.89. The van der Waals surface area contributed by atoms with Gasteiger partial charge in [0.1, 0.15) is 0 Å². The largest absolute Gasteiger partial charge is 0.420 e. The molecular weight excluding hydrogens is 1590 g/mol. The average Bonchev–Trinajstić information content (AvgIpc) is 1.67. The van der Waals surface area contributed by atoms with E-state index in [1.807, 2.05) is 24.3 Å². The first kappa shape index (κ1) is 91.5. The molecule has 0 spiro atoms. The lowest BCUT2D eigenvalue weighted by Crippen LogP contribution is -2.50. The van der Waals surface area contributed by atoms with Gasteiger partial charge in [0.15, 0.2) is 23.2 Å². The maximum atomic E-state index is 13.1. The van der Waals surface area contributed by atoms with Crippen LogP contribution >= 0.6 is 22.7 Å². The maximum Gasteiger partial charge on any atom is 0.297 e. The van der Waals surface area contributed by atoms with Crippen molar-refractivity contribution in [2.75, 3.05) is 126 Å². The molecule has 124 heavy (non-hydrogen) atoms. The number of likely N-dealkylation sites (N-methyl/N-ethyl adjacent to an activating group) is 4. The Bertz CT molecular complexity index is 4700. The molecule has 12 aromatic rings. The smallest absolute Gasteiger partial charge is 0.297 e. The normalized spacial score (nSPS) is 18.5. The molecule has 664 valence electrons. The number of benzene rings is 4. The highest BCUT2D eigenvalue weighted by Gasteiger charge is 2.32. The van der Waals surface area contributed by atoms with Crippen LogP contribution in [0.15, 0.2) is 132 Å². The number of para-hydroxylation sites is 4. The van der Waals surface area contributed by atoms with Crippen LogP contribution in [0, 0.1) is 11.8 Å². The monoisotopic (exact) mass is 1730 g/mol. The number of nitrogens with zero attached hydrogens (tertiary/aromatic N) is 15. The number of hydrogen-bond acceptors (Lipinski definition) is 22. The lowest BCUT2D eigenvalue weighted by atomic mass is 9.89. The summed E-state index contributed by atoms with van der Waals surface area (Å²) < 4.78 is 5.92. The Morgan fingerprint density at radius 3 is 1.20 bits per heavy atom. The van der Waals surface area contributed by atoms with Crippen LogP contribution in [-0.4, -0.2) is 246 Å². The van der Waals surface area contributed by atoms with Crippen molar-refractivity contribution in [2.45, 2.75) is 207 Å². The van der Waals surface area contributed by atoms with Crippen molar-refractivity contribution in [1.82, 2.24) is 90.7 Å². The molecule has 4 aliphatic heterocycles. The van der Waals surface area contributed by atoms with Crippen LogP contribution in [0.25, 0.3) is 43.6 Å². The molecule has 4 aliphatic rings. The van der Waals surface area contributed by atoms with Gasteiger partial charge in [-0.15, -0.1) is 25.5 Å². The Morgan fingerprint density at radius 2 is 0.798 bits per heavy atom. The Morgan fingerprint density at radius 1 is 0.444 bits per heavy atom. The lowest BCUT2D eigenvalue weighted by Gasteiger charge is -2.37. The summed E-state index contributed by atoms with van der Waals surface area (Å²) in [5.41, 5.74) is 9.62. The predicted octanol–water partition coefficient (Wildman–Crippen LogP) is 16.3. The number of fused-ring (bicyclic) bond motifs is 4. The summed E-state index contributed by atoms with van der Waals surface area (Å²) in [6.07, 6.45) is 27.2. The number of anilines is 4. The van der Waals surface area contributed by atoms with Crippen LogP contribution < -0.4 is 30.2 Å². The number of H-pyrrole nitrogens is 5. The number of piperazine rings is 4. The fraction of sp³-hybridized carbons (Fsp3) is 0.526. The quantitative estimate of drug-likeness (QED) is 0.0184. The number of oxazole rings is 1. The molecule has 29 heteroatoms. The molecule has 4 saturated heterocycles. The molecular formula is C95H132N22O5S2. The summed E-state index contributed by atoms with van der Waals surface area (Å²) in [6.45, 7) is 28.6. The van der Waals surface area contributed by atoms with Gasteiger partial charge in [0.2, 0.25) is 26.2 Å². The third-order valence-corrected chi connectivity index (χ3v) is 27.6. The van der Waals surface area contributed by atoms with Crippen LogP contribution in [0.2, 0.25) is 0 Å². The van der Waals surface area contributed by atoms with E-state index in [0.717, 1.165) is 214 Å². The highest BCUT2D eigenvalue weighted by atomic mass is 32.1. The first-order chi connectivity index (χ1) is 60.2. The third-order valence-electron chi connectivity index (χ3n) is 25.7. The minimum atomic E-state index is -0.119. The summed E-state index contributed by atoms with van der Waals surface area (Å²) in [7, 11) is 8.56. The number of unbranched alkanes of at least 4 members (excludes halogenated alkanes) is 4. The number of rotatable bonds is 34. The number of aromatic nitrogens is 12. The van der Waals surface area contributed by atoms with Gasteiger partial charge in [0.25, 0.3) is 17.8 Å². The second kappa shape index (κ2) is 44.6. The number of hydrogen-bond donors (Lipinski definition) is 7. The van der Waals surface area contributed by atoms with Gasteiger partial charge >= 0.3 is 0 Å². The minimum absolute atomic E-state index is 0.0573. The van der Waals surface area contributed by atoms with Crippen molar-refractivity contribution in [3.05, 3.63) is 172 Å². The zero-order chi connectivity index (χ0) is 87.2. The van der Waals surface area contributed by atoms with E-state index < -0.39 is 0 Å². The van der Waals surface area contributed by atoms with Crippen molar-refractivity contribution in [3.63, 3.8) is 0 Å². The van der Waals surface area contributed by atoms with E-state index in [0.29, 0.717) is 82.4 Å². The van der Waals surface area contributed by atoms with Gasteiger partial charge in [-0.3, -0.25) is 24.3 Å². The van der Waals surface area contributed by atoms with Crippen LogP contribution in [-0.2, 0) is 25.7 Å². The SMILES string of the molecule is CCCCC(CC(=O)c1cnc(N2CCN(C)C(C)C2)o1)Cc1c[nH]c2ccccc12.CCCCC(CC(=O)c1nc(N2CCN(C)C(C)C2)n[nH]1)Cc1c[nH]c2ccccc12.CCCCC(Cc1c[nH]c2ccccc12)NC(=O)c1nnc(N2CCN(C)C(C)C2)s1.CCCCC(Cc1c[nH]c2ccccc12)NC(=O)c1nnc(N2CCN(C)C(C)C2)s1. The van der Waals surface area contributed by atoms with E-state index >= 15 is 0 Å². The van der Waals surface area contributed by atoms with Gasteiger partial charge in [0.05, 0.1) is 6.20 Å². The molecule has 7 N–H and O–H groups in total. The Labute approximate surface area is 739 Å². The van der Waals surface area contributed by atoms with E-state index in [2.05, 4.69) is 291 Å². The molecule has 2 amide bonds. The Kier molecular flexibility index (Phi) is 32.9. The van der Waals surface area contributed by atoms with Crippen LogP contribution in [0.5, 0.6) is 0 Å². The molecule has 0 saturated carbocycles. The fourth-order valence-electron chi connectivity index (χ4n) is 17.3. The molecule has 8 aromatic heterocycles. The van der Waals surface area contributed by atoms with Crippen LogP contribution in [0.4, 0.5) is 22.2 Å². The number of amides is 2. The zero-order valence-corrected chi connectivity index (χ0v) is 76.7. The van der Waals surface area contributed by atoms with Gasteiger partial charge in [-0.05, 0) is 166 Å². The number of carbonyl (C=O) groups is 4. The van der Waals surface area contributed by atoms with Gasteiger partial charge in [0, 0.05) is 196 Å². The van der Waals surface area contributed by atoms with Gasteiger partial charge in [-0.25, -0.2) is 4.98 Å². The second-order valence-corrected chi connectivity index (χ2v) is 36.9. The first-order valence-corrected chi connectivity index (χ1v) is 47.1. The summed E-state index contributed by atoms with van der Waals surface area (Å²) in [6, 6.07) is 35.9. The molecule has 16 rings (SSSR count). The minimum Gasteiger partial charge on any atom is -0.420 e. The molecule has 0 radical (unpaired) electrons. The Hall–Kier alpha value is -10.2. The first-order valence-electron chi connectivity index (χ1n) is 45.4. The van der Waals surface area contributed by atoms with Gasteiger partial charge in [-0.2, -0.15) is 4.98 Å². The number of aromatic amines is 5. The number of carbonyl (C=O) groups excluding carboxylic acids is 4. The second-order valence-electron chi connectivity index (χ2n) is 35.0. The summed E-state index contributed by atoms with van der Waals surface area (Å²) in [5, 5.41) is 38.3. The topological polar surface area (TPSA) is 301 Å². The average molecular weight is 1730 g/mol. The summed E-state index contributed by atoms with van der Waals surface area (Å²) in [4.78, 5) is 92.6. The number of nitrogens with one attached hydrogen (secondary N) is 7. The van der Waals surface area contributed by atoms with E-state index in [9.17, 15) is 19.2 Å². The zero-order valence-electron chi connectivity index (χ0n) is 75.0. The van der Waals surface area contributed by atoms with Gasteiger partial charge < -0.3 is 74.2 Å². The molecule has 4 aromatic carbocycles. The number of Topliss-reactive ketones (excluding diaryl/α,β-unsaturated/α-hetero) is 2. The third kappa shape index (κ3) is 24.3. The Balaban J connectivity index is 0.000000142. The predicted molar refractivity (Wildman–Crippen MR) is 503 cm³/mol. The number of ketones is 2. The van der Waals surface area contributed by atoms with E-state index in [4.69, 9.17) is 4.42 Å². The highest BCUT2D eigenvalue weighted by Crippen LogP contribution is 2.33. The molecule has 8 unspecified atom stereocenters. The molecule has 0 aliphatic carbocycles. The van der Waals surface area contributed by atoms with E-state index in [1.165, 1.54) is 66.5 Å². The standard InChI is InChI=1S/C25H34N4O2.C24H34N6O.2C23H32N6OS/c1-4-5-8-19(13-20-15-26-22-10-7-6-9-21(20)22)14-23(30)24-16-27-25(31-24)29-12-11-28(3)18(2)17-29;1-4-5-8-18(13-19-15-25-21-10-7-6-9-20(19)21)14-22(31)23-26-24(28-27-23)30-12-11-29(3)17(2)16-30;2*1-4-5-8-18(13-17-14-24-20-10-7-6-9-19(17)20)25-21(30)22-26-27-23(31-22)29-12-11-28(3)16(2)15-29/h6-7,9-10,15-16,18-19,26H,4-5,8,11-14,17H2,1-3H3;6-7,9-10,15,17-18,25H,4-5,8,11-14,16H2,1-3H3,(H,26,27,28);2*6-7,9-10,14,16,18,24H,4-5,8,11-13,15H2,1-3H3,(H,25,30). The van der Waals surface area contributed by atoms with Crippen molar-refractivity contribution >= 4 is 112 Å². The molecule has 27 nitrogen and oxygen atoms in total. The van der Waals surface area contributed by atoms with E-state index in [-0.39, 0.29) is 35.5 Å². The highest BCUT2D eigenvalue weighted by molar-refractivity contribution is 7.17. The molecule has 4 fully saturated rings. The van der Waals surface area contributed by atoms with Crippen molar-refractivity contribution in [2.24, 2.45) is 11.8 Å². The molecule has 8 atom stereocenters. The van der Waals surface area contributed by atoms with Crippen LogP contribution in [0.1, 0.15) is 208 Å². The van der Waals surface area contributed by atoms with Crippen molar-refractivity contribution in [1.29, 1.82) is 0 Å². The van der Waals surface area contributed by atoms with Crippen molar-refractivity contribution < 1.29 is 23.6 Å². The molecule has 12 heterocycles. The van der Waals surface area contributed by atoms with Crippen molar-refractivity contribution in [3.8, 4) is 0 Å². The molecule has 0 bridgehead atoms.